The van der Waals surface area contributed by atoms with Gasteiger partial charge in [-0.2, -0.15) is 13.2 Å². The summed E-state index contributed by atoms with van der Waals surface area (Å²) in [6, 6.07) is -0.807. The van der Waals surface area contributed by atoms with Crippen LogP contribution >= 0.6 is 11.8 Å². The van der Waals surface area contributed by atoms with E-state index in [-0.39, 0.29) is 16.8 Å². The third-order valence-corrected chi connectivity index (χ3v) is 4.43. The second-order valence-electron chi connectivity index (χ2n) is 5.11. The standard InChI is InChI=1S/C13H19F3N4O3S/c1-5-7(2)9(10(22)23-4)17-8(21)6-24-12-19-18-11(20(12)3)13(14,15)16/h7,9H,5-6H2,1-4H3,(H,17,21). The monoisotopic (exact) mass is 368 g/mol. The highest BCUT2D eigenvalue weighted by molar-refractivity contribution is 7.99. The molecule has 1 aromatic heterocycles. The molecular formula is C13H19F3N4O3S. The van der Waals surface area contributed by atoms with Gasteiger partial charge in [-0.1, -0.05) is 32.0 Å². The van der Waals surface area contributed by atoms with E-state index in [1.807, 2.05) is 6.92 Å². The molecule has 2 unspecified atom stereocenters. The minimum Gasteiger partial charge on any atom is -0.467 e. The van der Waals surface area contributed by atoms with Crippen molar-refractivity contribution in [2.75, 3.05) is 12.9 Å². The molecule has 1 amide bonds. The summed E-state index contributed by atoms with van der Waals surface area (Å²) < 4.78 is 43.3. The van der Waals surface area contributed by atoms with Crippen LogP contribution in [0.15, 0.2) is 5.16 Å². The summed E-state index contributed by atoms with van der Waals surface area (Å²) in [4.78, 5) is 23.7. The highest BCUT2D eigenvalue weighted by Crippen LogP contribution is 2.29. The van der Waals surface area contributed by atoms with Crippen LogP contribution in [0.3, 0.4) is 0 Å². The number of aromatic nitrogens is 3. The summed E-state index contributed by atoms with van der Waals surface area (Å²) in [6.45, 7) is 3.65. The molecule has 0 saturated heterocycles. The van der Waals surface area contributed by atoms with Gasteiger partial charge in [0.1, 0.15) is 6.04 Å². The summed E-state index contributed by atoms with van der Waals surface area (Å²) in [6.07, 6.45) is -3.97. The van der Waals surface area contributed by atoms with Crippen molar-refractivity contribution in [2.24, 2.45) is 13.0 Å². The number of alkyl halides is 3. The summed E-state index contributed by atoms with van der Waals surface area (Å²) in [7, 11) is 2.39. The number of hydrogen-bond acceptors (Lipinski definition) is 6. The molecular weight excluding hydrogens is 349 g/mol. The first-order valence-electron chi connectivity index (χ1n) is 7.08. The molecule has 1 aromatic rings. The number of carbonyl (C=O) groups excluding carboxylic acids is 2. The number of amides is 1. The minimum absolute atomic E-state index is 0.0457. The molecule has 0 radical (unpaired) electrons. The molecule has 24 heavy (non-hydrogen) atoms. The molecule has 1 N–H and O–H groups in total. The van der Waals surface area contributed by atoms with Crippen LogP contribution in [0.4, 0.5) is 13.2 Å². The molecule has 11 heteroatoms. The first-order valence-corrected chi connectivity index (χ1v) is 8.06. The number of hydrogen-bond donors (Lipinski definition) is 1. The fourth-order valence-corrected chi connectivity index (χ4v) is 2.55. The predicted molar refractivity (Wildman–Crippen MR) is 80.1 cm³/mol. The van der Waals surface area contributed by atoms with Gasteiger partial charge in [0.2, 0.25) is 11.7 Å². The van der Waals surface area contributed by atoms with Crippen molar-refractivity contribution in [3.05, 3.63) is 5.82 Å². The third-order valence-electron chi connectivity index (χ3n) is 3.41. The largest absolute Gasteiger partial charge is 0.467 e. The zero-order chi connectivity index (χ0) is 18.5. The zero-order valence-corrected chi connectivity index (χ0v) is 14.5. The highest BCUT2D eigenvalue weighted by Gasteiger charge is 2.37. The number of thioether (sulfide) groups is 1. The van der Waals surface area contributed by atoms with E-state index < -0.39 is 29.9 Å². The highest BCUT2D eigenvalue weighted by atomic mass is 32.2. The van der Waals surface area contributed by atoms with Crippen molar-refractivity contribution in [1.29, 1.82) is 0 Å². The molecule has 0 aromatic carbocycles. The molecule has 1 rings (SSSR count). The van der Waals surface area contributed by atoms with Crippen LogP contribution < -0.4 is 5.32 Å². The van der Waals surface area contributed by atoms with Crippen LogP contribution in [-0.4, -0.2) is 45.5 Å². The van der Waals surface area contributed by atoms with Gasteiger partial charge in [-0.05, 0) is 5.92 Å². The van der Waals surface area contributed by atoms with Gasteiger partial charge in [-0.25, -0.2) is 4.79 Å². The lowest BCUT2D eigenvalue weighted by Gasteiger charge is -2.21. The maximum absolute atomic E-state index is 12.6. The van der Waals surface area contributed by atoms with Gasteiger partial charge in [0.05, 0.1) is 12.9 Å². The number of carbonyl (C=O) groups is 2. The fourth-order valence-electron chi connectivity index (χ4n) is 1.83. The van der Waals surface area contributed by atoms with E-state index in [4.69, 9.17) is 0 Å². The third kappa shape index (κ3) is 5.11. The zero-order valence-electron chi connectivity index (χ0n) is 13.7. The van der Waals surface area contributed by atoms with Gasteiger partial charge in [0, 0.05) is 7.05 Å². The first-order chi connectivity index (χ1) is 11.1. The summed E-state index contributed by atoms with van der Waals surface area (Å²) in [5.41, 5.74) is 0. The Morgan fingerprint density at radius 2 is 2.00 bits per heavy atom. The predicted octanol–water partition coefficient (Wildman–Crippen LogP) is 1.63. The van der Waals surface area contributed by atoms with Crippen LogP contribution in [0.2, 0.25) is 0 Å². The van der Waals surface area contributed by atoms with E-state index in [0.717, 1.165) is 16.3 Å². The second kappa shape index (κ2) is 8.36. The van der Waals surface area contributed by atoms with E-state index >= 15 is 0 Å². The van der Waals surface area contributed by atoms with Crippen molar-refractivity contribution in [2.45, 2.75) is 37.6 Å². The normalized spacial score (nSPS) is 14.1. The number of rotatable bonds is 7. The average molecular weight is 368 g/mol. The van der Waals surface area contributed by atoms with Crippen molar-refractivity contribution in [1.82, 2.24) is 20.1 Å². The Hall–Kier alpha value is -1.78. The van der Waals surface area contributed by atoms with Crippen LogP contribution in [-0.2, 0) is 27.5 Å². The lowest BCUT2D eigenvalue weighted by atomic mass is 9.99. The van der Waals surface area contributed by atoms with Gasteiger partial charge in [0.15, 0.2) is 5.16 Å². The summed E-state index contributed by atoms with van der Waals surface area (Å²) in [5, 5.41) is 8.98. The maximum Gasteiger partial charge on any atom is 0.451 e. The Kier molecular flexibility index (Phi) is 7.06. The Balaban J connectivity index is 2.69. The molecule has 0 bridgehead atoms. The Labute approximate surface area is 141 Å². The Morgan fingerprint density at radius 1 is 1.38 bits per heavy atom. The molecule has 1 heterocycles. The molecule has 0 spiro atoms. The van der Waals surface area contributed by atoms with Crippen molar-refractivity contribution in [3.63, 3.8) is 0 Å². The lowest BCUT2D eigenvalue weighted by molar-refractivity contribution is -0.147. The van der Waals surface area contributed by atoms with Crippen LogP contribution in [0, 0.1) is 5.92 Å². The second-order valence-corrected chi connectivity index (χ2v) is 6.05. The van der Waals surface area contributed by atoms with Crippen LogP contribution in [0.5, 0.6) is 0 Å². The Bertz CT molecular complexity index is 592. The Morgan fingerprint density at radius 3 is 2.46 bits per heavy atom. The number of halogens is 3. The summed E-state index contributed by atoms with van der Waals surface area (Å²) >= 11 is 0.798. The summed E-state index contributed by atoms with van der Waals surface area (Å²) in [5.74, 6) is -2.56. The van der Waals surface area contributed by atoms with E-state index in [1.165, 1.54) is 14.2 Å². The van der Waals surface area contributed by atoms with E-state index in [0.29, 0.717) is 6.42 Å². The molecule has 0 aliphatic carbocycles. The SMILES string of the molecule is CCC(C)C(NC(=O)CSc1nnc(C(F)(F)F)n1C)C(=O)OC. The maximum atomic E-state index is 12.6. The molecule has 0 aliphatic rings. The lowest BCUT2D eigenvalue weighted by Crippen LogP contribution is -2.46. The van der Waals surface area contributed by atoms with Crippen molar-refractivity contribution in [3.8, 4) is 0 Å². The number of esters is 1. The van der Waals surface area contributed by atoms with Gasteiger partial charge in [0.25, 0.3) is 0 Å². The minimum atomic E-state index is -4.62. The quantitative estimate of drug-likeness (QED) is 0.582. The molecule has 0 fully saturated rings. The number of nitrogens with zero attached hydrogens (tertiary/aromatic N) is 3. The molecule has 136 valence electrons. The van der Waals surface area contributed by atoms with E-state index in [2.05, 4.69) is 20.3 Å². The molecule has 2 atom stereocenters. The fraction of sp³-hybridized carbons (Fsp3) is 0.692. The van der Waals surface area contributed by atoms with Crippen LogP contribution in [0.25, 0.3) is 0 Å². The molecule has 0 aliphatic heterocycles. The van der Waals surface area contributed by atoms with Crippen molar-refractivity contribution < 1.29 is 27.5 Å². The topological polar surface area (TPSA) is 86.1 Å². The number of methoxy groups -OCH3 is 1. The number of nitrogens with one attached hydrogen (secondary N) is 1. The molecule has 7 nitrogen and oxygen atoms in total. The van der Waals surface area contributed by atoms with E-state index in [1.54, 1.807) is 6.92 Å². The van der Waals surface area contributed by atoms with Crippen LogP contribution in [0.1, 0.15) is 26.1 Å². The van der Waals surface area contributed by atoms with Gasteiger partial charge in [-0.15, -0.1) is 10.2 Å². The van der Waals surface area contributed by atoms with E-state index in [9.17, 15) is 22.8 Å². The van der Waals surface area contributed by atoms with Gasteiger partial charge in [-0.3, -0.25) is 4.79 Å². The molecule has 0 saturated carbocycles. The average Bonchev–Trinajstić information content (AvgIpc) is 2.90. The smallest absolute Gasteiger partial charge is 0.451 e. The number of ether oxygens (including phenoxy) is 1. The van der Waals surface area contributed by atoms with Gasteiger partial charge >= 0.3 is 12.1 Å². The van der Waals surface area contributed by atoms with Crippen molar-refractivity contribution >= 4 is 23.6 Å². The first kappa shape index (κ1) is 20.3. The van der Waals surface area contributed by atoms with Gasteiger partial charge < -0.3 is 14.6 Å².